The molecule has 2 N–H and O–H groups in total. The lowest BCUT2D eigenvalue weighted by atomic mass is 10.0. The quantitative estimate of drug-likeness (QED) is 0.414. The van der Waals surface area contributed by atoms with Gasteiger partial charge in [-0.2, -0.15) is 0 Å². The summed E-state index contributed by atoms with van der Waals surface area (Å²) in [6.07, 6.45) is 0.161. The Bertz CT molecular complexity index is 1020. The van der Waals surface area contributed by atoms with E-state index in [0.717, 1.165) is 26.7 Å². The van der Waals surface area contributed by atoms with Crippen molar-refractivity contribution in [2.75, 3.05) is 0 Å². The molecule has 1 atom stereocenters. The van der Waals surface area contributed by atoms with Crippen LogP contribution >= 0.6 is 15.9 Å². The topological polar surface area (TPSA) is 67.4 Å². The van der Waals surface area contributed by atoms with Crippen LogP contribution in [0, 0.1) is 0 Å². The van der Waals surface area contributed by atoms with E-state index in [1.54, 1.807) is 0 Å². The van der Waals surface area contributed by atoms with Crippen LogP contribution in [0.15, 0.2) is 83.3 Å². The van der Waals surface area contributed by atoms with E-state index in [1.807, 2.05) is 78.9 Å². The predicted octanol–water partition coefficient (Wildman–Crippen LogP) is 5.05. The molecule has 0 aromatic heterocycles. The second-order valence-corrected chi connectivity index (χ2v) is 8.45. The zero-order valence-corrected chi connectivity index (χ0v) is 19.6. The summed E-state index contributed by atoms with van der Waals surface area (Å²) in [7, 11) is 0. The molecule has 0 radical (unpaired) electrons. The normalized spacial score (nSPS) is 11.6. The number of nitrogens with one attached hydrogen (secondary N) is 2. The first-order valence-corrected chi connectivity index (χ1v) is 11.3. The van der Waals surface area contributed by atoms with Crippen LogP contribution in [0.2, 0.25) is 0 Å². The molecule has 0 spiro atoms. The van der Waals surface area contributed by atoms with Gasteiger partial charge >= 0.3 is 0 Å². The van der Waals surface area contributed by atoms with Crippen molar-refractivity contribution in [1.29, 1.82) is 0 Å². The fraction of sp³-hybridized carbons (Fsp3) is 0.231. The summed E-state index contributed by atoms with van der Waals surface area (Å²) >= 11 is 3.41. The number of amides is 2. The first-order chi connectivity index (χ1) is 15.5. The van der Waals surface area contributed by atoms with Crippen LogP contribution in [0.3, 0.4) is 0 Å². The maximum Gasteiger partial charge on any atom is 0.222 e. The number of rotatable bonds is 10. The van der Waals surface area contributed by atoms with Crippen molar-refractivity contribution in [3.8, 4) is 0 Å². The Kier molecular flexibility index (Phi) is 9.01. The number of ether oxygens (including phenoxy) is 1. The lowest BCUT2D eigenvalue weighted by Gasteiger charge is -2.18. The molecule has 6 heteroatoms. The summed E-state index contributed by atoms with van der Waals surface area (Å²) in [6, 6.07) is 25.1. The second kappa shape index (κ2) is 12.2. The summed E-state index contributed by atoms with van der Waals surface area (Å²) in [5.41, 5.74) is 4.05. The van der Waals surface area contributed by atoms with Crippen molar-refractivity contribution in [1.82, 2.24) is 10.6 Å². The Labute approximate surface area is 197 Å². The molecule has 0 fully saturated rings. The Morgan fingerprint density at radius 1 is 0.875 bits per heavy atom. The molecule has 166 valence electrons. The summed E-state index contributed by atoms with van der Waals surface area (Å²) in [4.78, 5) is 24.3. The van der Waals surface area contributed by atoms with Crippen LogP contribution in [-0.4, -0.2) is 11.8 Å². The molecule has 32 heavy (non-hydrogen) atoms. The van der Waals surface area contributed by atoms with Crippen LogP contribution in [-0.2, 0) is 34.1 Å². The van der Waals surface area contributed by atoms with Gasteiger partial charge in [0.2, 0.25) is 11.8 Å². The molecule has 0 saturated carbocycles. The Morgan fingerprint density at radius 3 is 2.22 bits per heavy atom. The molecule has 0 aliphatic rings. The first-order valence-electron chi connectivity index (χ1n) is 10.5. The third kappa shape index (κ3) is 7.62. The number of carbonyl (C=O) groups excluding carboxylic acids is 2. The molecule has 3 rings (SSSR count). The van der Waals surface area contributed by atoms with Gasteiger partial charge in [0.15, 0.2) is 0 Å². The van der Waals surface area contributed by atoms with E-state index in [9.17, 15) is 9.59 Å². The van der Waals surface area contributed by atoms with Gasteiger partial charge in [-0.05, 0) is 34.4 Å². The molecule has 3 aromatic rings. The van der Waals surface area contributed by atoms with Gasteiger partial charge in [-0.1, -0.05) is 82.7 Å². The van der Waals surface area contributed by atoms with Crippen molar-refractivity contribution in [2.24, 2.45) is 0 Å². The molecular formula is C26H27BrN2O3. The van der Waals surface area contributed by atoms with Gasteiger partial charge in [-0.15, -0.1) is 0 Å². The smallest absolute Gasteiger partial charge is 0.222 e. The van der Waals surface area contributed by atoms with E-state index in [0.29, 0.717) is 19.8 Å². The van der Waals surface area contributed by atoms with E-state index in [4.69, 9.17) is 4.74 Å². The lowest BCUT2D eigenvalue weighted by molar-refractivity contribution is -0.122. The maximum absolute atomic E-state index is 12.7. The molecule has 5 nitrogen and oxygen atoms in total. The van der Waals surface area contributed by atoms with Crippen LogP contribution in [0.5, 0.6) is 0 Å². The third-order valence-corrected chi connectivity index (χ3v) is 5.53. The summed E-state index contributed by atoms with van der Waals surface area (Å²) in [5, 5.41) is 5.84. The zero-order chi connectivity index (χ0) is 22.8. The van der Waals surface area contributed by atoms with Gasteiger partial charge < -0.3 is 15.4 Å². The van der Waals surface area contributed by atoms with Crippen molar-refractivity contribution >= 4 is 27.7 Å². The standard InChI is InChI=1S/C26H27BrN2O3/c1-19(30)29-25(21-11-13-24(27)14-12-21)15-26(31)28-16-22-9-5-6-10-23(22)18-32-17-20-7-3-2-4-8-20/h2-14,25H,15-18H2,1H3,(H,28,31)(H,29,30). The highest BCUT2D eigenvalue weighted by Crippen LogP contribution is 2.20. The highest BCUT2D eigenvalue weighted by atomic mass is 79.9. The lowest BCUT2D eigenvalue weighted by Crippen LogP contribution is -2.32. The molecule has 0 bridgehead atoms. The molecule has 0 aliphatic carbocycles. The first kappa shape index (κ1) is 23.7. The Hall–Kier alpha value is -2.96. The van der Waals surface area contributed by atoms with Crippen LogP contribution < -0.4 is 10.6 Å². The largest absolute Gasteiger partial charge is 0.372 e. The molecular weight excluding hydrogens is 468 g/mol. The monoisotopic (exact) mass is 494 g/mol. The number of hydrogen-bond acceptors (Lipinski definition) is 3. The van der Waals surface area contributed by atoms with Crippen LogP contribution in [0.25, 0.3) is 0 Å². The van der Waals surface area contributed by atoms with E-state index in [2.05, 4.69) is 26.6 Å². The van der Waals surface area contributed by atoms with Crippen LogP contribution in [0.4, 0.5) is 0 Å². The van der Waals surface area contributed by atoms with Crippen molar-refractivity contribution in [2.45, 2.75) is 39.1 Å². The van der Waals surface area contributed by atoms with Crippen molar-refractivity contribution in [3.63, 3.8) is 0 Å². The van der Waals surface area contributed by atoms with Gasteiger partial charge in [0.25, 0.3) is 0 Å². The molecule has 1 unspecified atom stereocenters. The molecule has 0 aliphatic heterocycles. The molecule has 0 saturated heterocycles. The maximum atomic E-state index is 12.7. The average Bonchev–Trinajstić information content (AvgIpc) is 2.79. The van der Waals surface area contributed by atoms with Crippen molar-refractivity contribution < 1.29 is 14.3 Å². The minimum Gasteiger partial charge on any atom is -0.372 e. The fourth-order valence-corrected chi connectivity index (χ4v) is 3.63. The second-order valence-electron chi connectivity index (χ2n) is 7.53. The van der Waals surface area contributed by atoms with Crippen molar-refractivity contribution in [3.05, 3.63) is 106 Å². The summed E-state index contributed by atoms with van der Waals surface area (Å²) < 4.78 is 6.81. The van der Waals surface area contributed by atoms with E-state index in [-0.39, 0.29) is 24.3 Å². The molecule has 2 amide bonds. The van der Waals surface area contributed by atoms with Gasteiger partial charge in [0.05, 0.1) is 25.7 Å². The fourth-order valence-electron chi connectivity index (χ4n) is 3.37. The number of carbonyl (C=O) groups is 2. The van der Waals surface area contributed by atoms with E-state index >= 15 is 0 Å². The highest BCUT2D eigenvalue weighted by Gasteiger charge is 2.17. The summed E-state index contributed by atoms with van der Waals surface area (Å²) in [5.74, 6) is -0.307. The van der Waals surface area contributed by atoms with E-state index in [1.165, 1.54) is 6.92 Å². The number of benzene rings is 3. The minimum atomic E-state index is -0.384. The highest BCUT2D eigenvalue weighted by molar-refractivity contribution is 9.10. The Morgan fingerprint density at radius 2 is 1.53 bits per heavy atom. The SMILES string of the molecule is CC(=O)NC(CC(=O)NCc1ccccc1COCc1ccccc1)c1ccc(Br)cc1. The van der Waals surface area contributed by atoms with Crippen LogP contribution in [0.1, 0.15) is 41.6 Å². The van der Waals surface area contributed by atoms with E-state index < -0.39 is 0 Å². The predicted molar refractivity (Wildman–Crippen MR) is 129 cm³/mol. The van der Waals surface area contributed by atoms with Gasteiger partial charge in [0.1, 0.15) is 0 Å². The van der Waals surface area contributed by atoms with Gasteiger partial charge in [-0.25, -0.2) is 0 Å². The molecule has 3 aromatic carbocycles. The summed E-state index contributed by atoms with van der Waals surface area (Å²) in [6.45, 7) is 2.85. The third-order valence-electron chi connectivity index (χ3n) is 5.00. The molecule has 0 heterocycles. The van der Waals surface area contributed by atoms with Gasteiger partial charge in [-0.3, -0.25) is 9.59 Å². The number of halogens is 1. The average molecular weight is 495 g/mol. The number of hydrogen-bond donors (Lipinski definition) is 2. The zero-order valence-electron chi connectivity index (χ0n) is 18.0. The Balaban J connectivity index is 1.56. The minimum absolute atomic E-state index is 0.133. The van der Waals surface area contributed by atoms with Gasteiger partial charge in [0, 0.05) is 17.9 Å².